The normalized spacial score (nSPS) is 21.9. The smallest absolute Gasteiger partial charge is 0.264 e. The molecule has 1 fully saturated rings. The Morgan fingerprint density at radius 2 is 1.80 bits per heavy atom. The van der Waals surface area contributed by atoms with Crippen LogP contribution in [0.15, 0.2) is 72.9 Å². The molecule has 0 radical (unpaired) electrons. The molecule has 6 rings (SSSR count). The Morgan fingerprint density at radius 1 is 1.08 bits per heavy atom. The number of carbonyl (C=O) groups excluding carboxylic acids is 2. The molecule has 0 saturated carbocycles. The van der Waals surface area contributed by atoms with Crippen LogP contribution in [-0.2, 0) is 39.4 Å². The lowest BCUT2D eigenvalue weighted by atomic mass is 9.82. The zero-order chi connectivity index (χ0) is 36.5. The number of carbonyl (C=O) groups is 2. The molecule has 5 atom stereocenters. The van der Waals surface area contributed by atoms with Crippen LogP contribution in [0.1, 0.15) is 37.1 Å². The number of nitrogens with zero attached hydrogens (tertiary/aromatic N) is 4. The van der Waals surface area contributed by atoms with Gasteiger partial charge in [-0.15, -0.1) is 5.10 Å². The van der Waals surface area contributed by atoms with Crippen molar-refractivity contribution in [3.05, 3.63) is 89.7 Å². The number of methoxy groups -OCH3 is 2. The van der Waals surface area contributed by atoms with Gasteiger partial charge in [-0.25, -0.2) is 0 Å². The molecule has 2 aliphatic rings. The third-order valence-corrected chi connectivity index (χ3v) is 14.9. The molecule has 3 heterocycles. The number of aromatic nitrogens is 3. The first kappa shape index (κ1) is 36.2. The summed E-state index contributed by atoms with van der Waals surface area (Å²) in [5.74, 6) is 0.549. The second kappa shape index (κ2) is 14.6. The number of nitrogens with one attached hydrogen (secondary N) is 1. The van der Waals surface area contributed by atoms with Gasteiger partial charge in [0.1, 0.15) is 17.6 Å². The van der Waals surface area contributed by atoms with Gasteiger partial charge >= 0.3 is 0 Å². The minimum absolute atomic E-state index is 0.00350. The molecule has 2 amide bonds. The second-order valence-electron chi connectivity index (χ2n) is 14.0. The number of benzene rings is 3. The van der Waals surface area contributed by atoms with Gasteiger partial charge in [0.25, 0.3) is 11.8 Å². The summed E-state index contributed by atoms with van der Waals surface area (Å²) in [6.45, 7) is 9.02. The van der Waals surface area contributed by atoms with Crippen molar-refractivity contribution in [2.45, 2.75) is 76.2 Å². The number of aliphatic hydroxyl groups excluding tert-OH is 2. The highest BCUT2D eigenvalue weighted by Crippen LogP contribution is 2.60. The zero-order valence-electron chi connectivity index (χ0n) is 30.0. The van der Waals surface area contributed by atoms with Gasteiger partial charge in [-0.1, -0.05) is 54.7 Å². The Balaban J connectivity index is 1.40. The average Bonchev–Trinajstić information content (AvgIpc) is 3.77. The summed E-state index contributed by atoms with van der Waals surface area (Å²) in [5.41, 5.74) is 2.32. The van der Waals surface area contributed by atoms with Gasteiger partial charge in [0.15, 0.2) is 5.60 Å². The van der Waals surface area contributed by atoms with Gasteiger partial charge in [-0.05, 0) is 66.9 Å². The van der Waals surface area contributed by atoms with E-state index in [1.165, 1.54) is 12.1 Å². The minimum Gasteiger partial charge on any atom is -0.497 e. The van der Waals surface area contributed by atoms with E-state index in [4.69, 9.17) is 14.2 Å². The Hall–Kier alpha value is -4.56. The van der Waals surface area contributed by atoms with E-state index in [2.05, 4.69) is 47.8 Å². The maximum absolute atomic E-state index is 15.1. The average molecular weight is 714 g/mol. The molecule has 270 valence electrons. The minimum atomic E-state index is -2.37. The molecule has 3 N–H and O–H groups in total. The third-order valence-electron chi connectivity index (χ3n) is 10.6. The maximum atomic E-state index is 15.1. The monoisotopic (exact) mass is 713 g/mol. The first-order chi connectivity index (χ1) is 24.4. The summed E-state index contributed by atoms with van der Waals surface area (Å²) >= 11 is 0. The number of fused-ring (bicyclic) bond motifs is 2. The lowest BCUT2D eigenvalue weighted by molar-refractivity contribution is -0.146. The van der Waals surface area contributed by atoms with E-state index in [1.807, 2.05) is 54.7 Å². The summed E-state index contributed by atoms with van der Waals surface area (Å²) in [4.78, 5) is 29.1. The molecule has 4 aromatic rings. The zero-order valence-corrected chi connectivity index (χ0v) is 31.0. The molecule has 2 aliphatic heterocycles. The molecule has 3 aromatic carbocycles. The molecule has 1 spiro atoms. The van der Waals surface area contributed by atoms with Crippen LogP contribution in [0.4, 0.5) is 11.4 Å². The van der Waals surface area contributed by atoms with Crippen LogP contribution < -0.4 is 24.9 Å². The van der Waals surface area contributed by atoms with Gasteiger partial charge in [0.05, 0.1) is 46.3 Å². The van der Waals surface area contributed by atoms with E-state index in [9.17, 15) is 15.0 Å². The van der Waals surface area contributed by atoms with Crippen molar-refractivity contribution in [3.63, 3.8) is 0 Å². The van der Waals surface area contributed by atoms with E-state index in [0.717, 1.165) is 28.3 Å². The first-order valence-electron chi connectivity index (χ1n) is 17.3. The van der Waals surface area contributed by atoms with Gasteiger partial charge in [-0.2, -0.15) is 0 Å². The SMILES string of the molecule is COc1ccc([Si](C)(C)[C@@H]2[C@@H](CCn3cc(CCO)nn3)O[C@]3(C(=O)N(Cc4cccc(NC(=O)[C@H](C)O)c4)c4ccc(OC)cc43)[C@H]2C)cc1. The van der Waals surface area contributed by atoms with Gasteiger partial charge in [-0.3, -0.25) is 14.3 Å². The van der Waals surface area contributed by atoms with Crippen LogP contribution in [-0.4, -0.2) is 78.1 Å². The molecule has 1 aromatic heterocycles. The molecule has 1 saturated heterocycles. The number of amides is 2. The van der Waals surface area contributed by atoms with E-state index in [-0.39, 0.29) is 36.6 Å². The van der Waals surface area contributed by atoms with Crippen molar-refractivity contribution in [2.24, 2.45) is 5.92 Å². The van der Waals surface area contributed by atoms with E-state index >= 15 is 4.79 Å². The summed E-state index contributed by atoms with van der Waals surface area (Å²) in [5, 5.41) is 31.6. The van der Waals surface area contributed by atoms with Crippen molar-refractivity contribution in [1.82, 2.24) is 15.0 Å². The molecule has 0 bridgehead atoms. The summed E-state index contributed by atoms with van der Waals surface area (Å²) in [6, 6.07) is 21.3. The van der Waals surface area contributed by atoms with Crippen LogP contribution >= 0.6 is 0 Å². The molecule has 12 nitrogen and oxygen atoms in total. The standard InChI is InChI=1S/C38H47N5O7Si/c1-24-35(51(5,6)31-13-10-29(48-3)11-14-31)34(16-18-42-23-28(17-19-44)40-41-42)50-38(24)32-21-30(49-4)12-15-33(32)43(37(38)47)22-26-8-7-9-27(20-26)39-36(46)25(2)45/h7-15,20-21,23-25,34-35,44-45H,16-19,22H2,1-6H3,(H,39,46)/t24-,25-,34+,35-,38+/m0/s1. The van der Waals surface area contributed by atoms with Crippen molar-refractivity contribution in [3.8, 4) is 11.5 Å². The topological polar surface area (TPSA) is 148 Å². The van der Waals surface area contributed by atoms with Crippen molar-refractivity contribution in [1.29, 1.82) is 0 Å². The Bertz CT molecular complexity index is 1880. The van der Waals surface area contributed by atoms with Gasteiger partial charge in [0, 0.05) is 42.9 Å². The predicted octanol–water partition coefficient (Wildman–Crippen LogP) is 4.00. The van der Waals surface area contributed by atoms with E-state index in [0.29, 0.717) is 30.8 Å². The quantitative estimate of drug-likeness (QED) is 0.175. The first-order valence-corrected chi connectivity index (χ1v) is 20.4. The molecule has 0 aliphatic carbocycles. The molecule has 51 heavy (non-hydrogen) atoms. The second-order valence-corrected chi connectivity index (χ2v) is 18.7. The fourth-order valence-corrected chi connectivity index (χ4v) is 12.0. The highest BCUT2D eigenvalue weighted by Gasteiger charge is 2.66. The largest absolute Gasteiger partial charge is 0.497 e. The van der Waals surface area contributed by atoms with Gasteiger partial charge in [0.2, 0.25) is 0 Å². The van der Waals surface area contributed by atoms with Crippen LogP contribution in [0.25, 0.3) is 0 Å². The molecule has 13 heteroatoms. The number of anilines is 2. The number of ether oxygens (including phenoxy) is 3. The van der Waals surface area contributed by atoms with Crippen LogP contribution in [0, 0.1) is 5.92 Å². The number of hydrogen-bond donors (Lipinski definition) is 3. The van der Waals surface area contributed by atoms with Gasteiger partial charge < -0.3 is 34.6 Å². The van der Waals surface area contributed by atoms with Crippen LogP contribution in [0.2, 0.25) is 18.6 Å². The summed E-state index contributed by atoms with van der Waals surface area (Å²) in [7, 11) is 0.902. The molecule has 0 unspecified atom stereocenters. The Labute approximate surface area is 299 Å². The lowest BCUT2D eigenvalue weighted by Crippen LogP contribution is -2.51. The Morgan fingerprint density at radius 3 is 2.49 bits per heavy atom. The number of rotatable bonds is 13. The third kappa shape index (κ3) is 6.78. The fraction of sp³-hybridized carbons (Fsp3) is 0.421. The maximum Gasteiger partial charge on any atom is 0.264 e. The molecular formula is C38H47N5O7Si. The van der Waals surface area contributed by atoms with Crippen LogP contribution in [0.3, 0.4) is 0 Å². The van der Waals surface area contributed by atoms with Crippen molar-refractivity contribution in [2.75, 3.05) is 31.0 Å². The van der Waals surface area contributed by atoms with E-state index < -0.39 is 25.7 Å². The highest BCUT2D eigenvalue weighted by molar-refractivity contribution is 6.91. The van der Waals surface area contributed by atoms with Crippen molar-refractivity contribution >= 4 is 36.4 Å². The predicted molar refractivity (Wildman–Crippen MR) is 196 cm³/mol. The Kier molecular flexibility index (Phi) is 10.4. The number of aryl methyl sites for hydroxylation is 1. The lowest BCUT2D eigenvalue weighted by Gasteiger charge is -2.37. The summed E-state index contributed by atoms with van der Waals surface area (Å²) in [6.07, 6.45) is 1.43. The van der Waals surface area contributed by atoms with E-state index in [1.54, 1.807) is 29.9 Å². The fourth-order valence-electron chi connectivity index (χ4n) is 7.96. The van der Waals surface area contributed by atoms with Crippen molar-refractivity contribution < 1.29 is 34.0 Å². The number of aliphatic hydroxyl groups is 2. The highest BCUT2D eigenvalue weighted by atomic mass is 28.3. The number of hydrogen-bond acceptors (Lipinski definition) is 9. The summed E-state index contributed by atoms with van der Waals surface area (Å²) < 4.78 is 20.2. The molecular weight excluding hydrogens is 667 g/mol. The van der Waals surface area contributed by atoms with Crippen LogP contribution in [0.5, 0.6) is 11.5 Å².